The zero-order valence-electron chi connectivity index (χ0n) is 13.3. The van der Waals surface area contributed by atoms with Gasteiger partial charge in [0.05, 0.1) is 11.4 Å². The number of nitrogens with one attached hydrogen (secondary N) is 2. The van der Waals surface area contributed by atoms with Crippen molar-refractivity contribution in [1.82, 2.24) is 4.98 Å². The maximum absolute atomic E-state index is 13.1. The molecule has 24 heavy (non-hydrogen) atoms. The number of carbonyl (C=O) groups is 1. The van der Waals surface area contributed by atoms with E-state index >= 15 is 0 Å². The fourth-order valence-electron chi connectivity index (χ4n) is 2.76. The molecule has 0 aliphatic rings. The molecule has 2 aromatic carbocycles. The monoisotopic (exact) mass is 328 g/mol. The second kappa shape index (κ2) is 6.31. The number of hydrogen-bond donors (Lipinski definition) is 2. The van der Waals surface area contributed by atoms with Crippen LogP contribution >= 0.6 is 0 Å². The van der Waals surface area contributed by atoms with E-state index in [9.17, 15) is 14.0 Å². The number of halogens is 1. The van der Waals surface area contributed by atoms with Gasteiger partial charge in [0.2, 0.25) is 5.91 Å². The molecule has 0 radical (unpaired) electrons. The first-order chi connectivity index (χ1) is 11.4. The zero-order chi connectivity index (χ0) is 17.3. The van der Waals surface area contributed by atoms with Crippen molar-refractivity contribution < 1.29 is 13.6 Å². The Morgan fingerprint density at radius 1 is 1.17 bits per heavy atom. The smallest absolute Gasteiger partial charge is 0.408 e. The van der Waals surface area contributed by atoms with Gasteiger partial charge in [0, 0.05) is 5.69 Å². The summed E-state index contributed by atoms with van der Waals surface area (Å²) in [7, 11) is 0. The van der Waals surface area contributed by atoms with Crippen LogP contribution in [0.1, 0.15) is 25.3 Å². The number of rotatable bonds is 4. The van der Waals surface area contributed by atoms with Gasteiger partial charge in [-0.25, -0.2) is 9.18 Å². The lowest BCUT2D eigenvalue weighted by Crippen LogP contribution is -2.25. The lowest BCUT2D eigenvalue weighted by Gasteiger charge is -2.20. The molecule has 3 rings (SSSR count). The summed E-state index contributed by atoms with van der Waals surface area (Å²) in [5.74, 6) is -1.45. The highest BCUT2D eigenvalue weighted by atomic mass is 19.1. The highest BCUT2D eigenvalue weighted by molar-refractivity contribution is 5.97. The number of H-pyrrole nitrogens is 1. The van der Waals surface area contributed by atoms with Crippen LogP contribution in [0.5, 0.6) is 0 Å². The van der Waals surface area contributed by atoms with Gasteiger partial charge < -0.3 is 9.73 Å². The van der Waals surface area contributed by atoms with E-state index in [4.69, 9.17) is 4.42 Å². The molecule has 1 amide bonds. The molecule has 0 spiro atoms. The number of aromatic nitrogens is 1. The van der Waals surface area contributed by atoms with Crippen LogP contribution in [0.3, 0.4) is 0 Å². The van der Waals surface area contributed by atoms with Crippen LogP contribution in [0.2, 0.25) is 0 Å². The first kappa shape index (κ1) is 16.0. The Morgan fingerprint density at radius 3 is 2.54 bits per heavy atom. The lowest BCUT2D eigenvalue weighted by molar-refractivity contribution is -0.118. The summed E-state index contributed by atoms with van der Waals surface area (Å²) in [6, 6.07) is 10.9. The number of anilines is 1. The summed E-state index contributed by atoms with van der Waals surface area (Å²) < 4.78 is 18.0. The third-order valence-electron chi connectivity index (χ3n) is 3.86. The van der Waals surface area contributed by atoms with Gasteiger partial charge in [0.25, 0.3) is 0 Å². The van der Waals surface area contributed by atoms with Gasteiger partial charge in [0.1, 0.15) is 5.82 Å². The Labute approximate surface area is 137 Å². The number of fused-ring (bicyclic) bond motifs is 1. The van der Waals surface area contributed by atoms with E-state index in [1.54, 1.807) is 30.3 Å². The van der Waals surface area contributed by atoms with E-state index in [0.717, 1.165) is 5.56 Å². The van der Waals surface area contributed by atoms with E-state index in [1.807, 2.05) is 13.8 Å². The molecular weight excluding hydrogens is 311 g/mol. The Morgan fingerprint density at radius 2 is 1.88 bits per heavy atom. The first-order valence-electron chi connectivity index (χ1n) is 7.63. The third kappa shape index (κ3) is 3.22. The van der Waals surface area contributed by atoms with E-state index < -0.39 is 11.7 Å². The molecule has 6 heteroatoms. The predicted molar refractivity (Wildman–Crippen MR) is 89.4 cm³/mol. The fraction of sp³-hybridized carbons (Fsp3) is 0.222. The standard InChI is InChI=1S/C18H17FN2O3/c1-10(2)16(11-3-5-12(19)6-4-11)17(22)20-13-7-8-15-14(9-13)21-18(23)24-15/h3-10,16H,1-2H3,(H,20,22)(H,21,23). The van der Waals surface area contributed by atoms with Crippen LogP contribution in [-0.4, -0.2) is 10.9 Å². The van der Waals surface area contributed by atoms with Crippen LogP contribution in [0.25, 0.3) is 11.1 Å². The van der Waals surface area contributed by atoms with Gasteiger partial charge in [-0.1, -0.05) is 26.0 Å². The summed E-state index contributed by atoms with van der Waals surface area (Å²) in [5.41, 5.74) is 2.25. The van der Waals surface area contributed by atoms with Crippen molar-refractivity contribution in [3.05, 3.63) is 64.4 Å². The minimum absolute atomic E-state index is 0.0351. The molecule has 0 bridgehead atoms. The second-order valence-electron chi connectivity index (χ2n) is 5.99. The fourth-order valence-corrected chi connectivity index (χ4v) is 2.76. The van der Waals surface area contributed by atoms with E-state index in [0.29, 0.717) is 16.8 Å². The summed E-state index contributed by atoms with van der Waals surface area (Å²) in [4.78, 5) is 26.4. The number of amides is 1. The highest BCUT2D eigenvalue weighted by Gasteiger charge is 2.24. The maximum Gasteiger partial charge on any atom is 0.417 e. The number of benzene rings is 2. The number of hydrogen-bond acceptors (Lipinski definition) is 3. The first-order valence-corrected chi connectivity index (χ1v) is 7.63. The van der Waals surface area contributed by atoms with E-state index in [-0.39, 0.29) is 17.6 Å². The van der Waals surface area contributed by atoms with Crippen molar-refractivity contribution in [3.63, 3.8) is 0 Å². The topological polar surface area (TPSA) is 75.1 Å². The molecule has 2 N–H and O–H groups in total. The highest BCUT2D eigenvalue weighted by Crippen LogP contribution is 2.27. The molecule has 0 saturated heterocycles. The third-order valence-corrected chi connectivity index (χ3v) is 3.86. The average molecular weight is 328 g/mol. The summed E-state index contributed by atoms with van der Waals surface area (Å²) >= 11 is 0. The van der Waals surface area contributed by atoms with Crippen molar-refractivity contribution in [1.29, 1.82) is 0 Å². The summed E-state index contributed by atoms with van der Waals surface area (Å²) in [5, 5.41) is 2.84. The molecule has 1 unspecified atom stereocenters. The average Bonchev–Trinajstić information content (AvgIpc) is 2.88. The van der Waals surface area contributed by atoms with Crippen LogP contribution in [0.15, 0.2) is 51.7 Å². The van der Waals surface area contributed by atoms with E-state index in [2.05, 4.69) is 10.3 Å². The van der Waals surface area contributed by atoms with Crippen LogP contribution < -0.4 is 11.1 Å². The van der Waals surface area contributed by atoms with Crippen molar-refractivity contribution in [2.75, 3.05) is 5.32 Å². The molecule has 3 aromatic rings. The molecule has 0 saturated carbocycles. The normalized spacial score (nSPS) is 12.5. The predicted octanol–water partition coefficient (Wildman–Crippen LogP) is 3.64. The van der Waals surface area contributed by atoms with Gasteiger partial charge in [-0.15, -0.1) is 0 Å². The van der Waals surface area contributed by atoms with Gasteiger partial charge in [0.15, 0.2) is 5.58 Å². The molecule has 1 heterocycles. The van der Waals surface area contributed by atoms with Crippen LogP contribution in [-0.2, 0) is 4.79 Å². The van der Waals surface area contributed by atoms with Gasteiger partial charge in [-0.05, 0) is 41.8 Å². The summed E-state index contributed by atoms with van der Waals surface area (Å²) in [6.45, 7) is 3.87. The van der Waals surface area contributed by atoms with Crippen molar-refractivity contribution >= 4 is 22.7 Å². The summed E-state index contributed by atoms with van der Waals surface area (Å²) in [6.07, 6.45) is 0. The molecule has 1 aromatic heterocycles. The van der Waals surface area contributed by atoms with Crippen LogP contribution in [0.4, 0.5) is 10.1 Å². The molecular formula is C18H17FN2O3. The van der Waals surface area contributed by atoms with Gasteiger partial charge >= 0.3 is 5.76 Å². The van der Waals surface area contributed by atoms with Crippen LogP contribution in [0, 0.1) is 11.7 Å². The van der Waals surface area contributed by atoms with Gasteiger partial charge in [-0.3, -0.25) is 9.78 Å². The Balaban J connectivity index is 1.86. The Kier molecular flexibility index (Phi) is 4.20. The van der Waals surface area contributed by atoms with Gasteiger partial charge in [-0.2, -0.15) is 0 Å². The molecule has 0 fully saturated rings. The Bertz CT molecular complexity index is 925. The molecule has 0 aliphatic carbocycles. The molecule has 1 atom stereocenters. The van der Waals surface area contributed by atoms with Crippen molar-refractivity contribution in [2.24, 2.45) is 5.92 Å². The SMILES string of the molecule is CC(C)C(C(=O)Nc1ccc2oc(=O)[nH]c2c1)c1ccc(F)cc1. The minimum Gasteiger partial charge on any atom is -0.408 e. The lowest BCUT2D eigenvalue weighted by atomic mass is 9.87. The maximum atomic E-state index is 13.1. The number of carbonyl (C=O) groups excluding carboxylic acids is 1. The minimum atomic E-state index is -0.542. The Hall–Kier alpha value is -2.89. The second-order valence-corrected chi connectivity index (χ2v) is 5.99. The van der Waals surface area contributed by atoms with E-state index in [1.165, 1.54) is 12.1 Å². The number of aromatic amines is 1. The molecule has 5 nitrogen and oxygen atoms in total. The quantitative estimate of drug-likeness (QED) is 0.768. The van der Waals surface area contributed by atoms with Crippen molar-refractivity contribution in [2.45, 2.75) is 19.8 Å². The molecule has 0 aliphatic heterocycles. The number of oxazole rings is 1. The van der Waals surface area contributed by atoms with Crippen molar-refractivity contribution in [3.8, 4) is 0 Å². The zero-order valence-corrected chi connectivity index (χ0v) is 13.3. The largest absolute Gasteiger partial charge is 0.417 e. The molecule has 124 valence electrons.